The molecule has 0 saturated carbocycles. The lowest BCUT2D eigenvalue weighted by atomic mass is 10.1. The van der Waals surface area contributed by atoms with Crippen LogP contribution < -0.4 is 10.1 Å². The SMILES string of the molecule is COc1ccc(-c2n[nH]c(CNC(=O)c3cc(C)cc(Br)c3O)n2)cc1. The Morgan fingerprint density at radius 1 is 1.31 bits per heavy atom. The molecule has 134 valence electrons. The Morgan fingerprint density at radius 2 is 2.04 bits per heavy atom. The van der Waals surface area contributed by atoms with E-state index in [-0.39, 0.29) is 17.9 Å². The lowest BCUT2D eigenvalue weighted by Gasteiger charge is -2.08. The second-order valence-corrected chi connectivity index (χ2v) is 6.51. The number of carbonyl (C=O) groups is 1. The summed E-state index contributed by atoms with van der Waals surface area (Å²) in [6.45, 7) is 2.01. The number of aryl methyl sites for hydroxylation is 1. The van der Waals surface area contributed by atoms with Crippen LogP contribution in [-0.2, 0) is 6.54 Å². The Bertz CT molecular complexity index is 938. The fourth-order valence-electron chi connectivity index (χ4n) is 2.41. The van der Waals surface area contributed by atoms with Gasteiger partial charge in [0.1, 0.15) is 17.3 Å². The first-order chi connectivity index (χ1) is 12.5. The molecule has 2 aromatic carbocycles. The van der Waals surface area contributed by atoms with Crippen LogP contribution in [0.1, 0.15) is 21.7 Å². The summed E-state index contributed by atoms with van der Waals surface area (Å²) >= 11 is 3.23. The zero-order chi connectivity index (χ0) is 18.7. The summed E-state index contributed by atoms with van der Waals surface area (Å²) < 4.78 is 5.60. The van der Waals surface area contributed by atoms with Crippen LogP contribution in [0.4, 0.5) is 0 Å². The summed E-state index contributed by atoms with van der Waals surface area (Å²) in [5.74, 6) is 1.30. The van der Waals surface area contributed by atoms with Gasteiger partial charge < -0.3 is 15.2 Å². The quantitative estimate of drug-likeness (QED) is 0.592. The number of halogens is 1. The zero-order valence-electron chi connectivity index (χ0n) is 14.2. The van der Waals surface area contributed by atoms with Gasteiger partial charge in [-0.1, -0.05) is 0 Å². The van der Waals surface area contributed by atoms with E-state index in [0.717, 1.165) is 16.9 Å². The first kappa shape index (κ1) is 17.9. The van der Waals surface area contributed by atoms with Crippen molar-refractivity contribution in [2.75, 3.05) is 7.11 Å². The van der Waals surface area contributed by atoms with Gasteiger partial charge in [0.25, 0.3) is 5.91 Å². The van der Waals surface area contributed by atoms with E-state index in [4.69, 9.17) is 4.74 Å². The number of methoxy groups -OCH3 is 1. The number of hydrogen-bond donors (Lipinski definition) is 3. The number of rotatable bonds is 5. The number of amides is 1. The number of carbonyl (C=O) groups excluding carboxylic acids is 1. The van der Waals surface area contributed by atoms with Crippen molar-refractivity contribution in [3.8, 4) is 22.9 Å². The molecule has 0 bridgehead atoms. The minimum atomic E-state index is -0.394. The molecule has 0 unspecified atom stereocenters. The van der Waals surface area contributed by atoms with E-state index < -0.39 is 5.91 Å². The average molecular weight is 417 g/mol. The maximum Gasteiger partial charge on any atom is 0.255 e. The first-order valence-electron chi connectivity index (χ1n) is 7.81. The molecule has 1 amide bonds. The predicted octanol–water partition coefficient (Wildman–Crippen LogP) is 3.19. The molecule has 0 saturated heterocycles. The van der Waals surface area contributed by atoms with Crippen molar-refractivity contribution in [1.82, 2.24) is 20.5 Å². The van der Waals surface area contributed by atoms with Crippen molar-refractivity contribution < 1.29 is 14.6 Å². The maximum absolute atomic E-state index is 12.3. The third-order valence-electron chi connectivity index (χ3n) is 3.75. The number of aromatic nitrogens is 3. The van der Waals surface area contributed by atoms with E-state index in [1.807, 2.05) is 31.2 Å². The van der Waals surface area contributed by atoms with Gasteiger partial charge >= 0.3 is 0 Å². The van der Waals surface area contributed by atoms with Crippen molar-refractivity contribution in [2.45, 2.75) is 13.5 Å². The van der Waals surface area contributed by atoms with Crippen LogP contribution >= 0.6 is 15.9 Å². The van der Waals surface area contributed by atoms with E-state index in [2.05, 4.69) is 36.4 Å². The number of aromatic amines is 1. The number of phenols is 1. The van der Waals surface area contributed by atoms with E-state index >= 15 is 0 Å². The van der Waals surface area contributed by atoms with Gasteiger partial charge in [0.05, 0.1) is 23.7 Å². The molecule has 7 nitrogen and oxygen atoms in total. The zero-order valence-corrected chi connectivity index (χ0v) is 15.8. The van der Waals surface area contributed by atoms with Crippen molar-refractivity contribution >= 4 is 21.8 Å². The van der Waals surface area contributed by atoms with Gasteiger partial charge in [-0.3, -0.25) is 9.89 Å². The van der Waals surface area contributed by atoms with Crippen molar-refractivity contribution in [1.29, 1.82) is 0 Å². The summed E-state index contributed by atoms with van der Waals surface area (Å²) in [6.07, 6.45) is 0. The number of hydrogen-bond acceptors (Lipinski definition) is 5. The lowest BCUT2D eigenvalue weighted by molar-refractivity contribution is 0.0947. The molecule has 3 rings (SSSR count). The minimum absolute atomic E-state index is 0.0930. The Balaban J connectivity index is 1.69. The van der Waals surface area contributed by atoms with Crippen LogP contribution in [0.15, 0.2) is 40.9 Å². The van der Waals surface area contributed by atoms with Crippen molar-refractivity contribution in [2.24, 2.45) is 0 Å². The Morgan fingerprint density at radius 3 is 2.73 bits per heavy atom. The fraction of sp³-hybridized carbons (Fsp3) is 0.167. The molecular weight excluding hydrogens is 400 g/mol. The highest BCUT2D eigenvalue weighted by atomic mass is 79.9. The van der Waals surface area contributed by atoms with Crippen LogP contribution in [0.25, 0.3) is 11.4 Å². The minimum Gasteiger partial charge on any atom is -0.506 e. The van der Waals surface area contributed by atoms with Crippen LogP contribution in [0, 0.1) is 6.92 Å². The number of H-pyrrole nitrogens is 1. The molecule has 0 aliphatic carbocycles. The van der Waals surface area contributed by atoms with E-state index in [1.54, 1.807) is 19.2 Å². The van der Waals surface area contributed by atoms with Gasteiger partial charge in [-0.2, -0.15) is 5.10 Å². The topological polar surface area (TPSA) is 100 Å². The fourth-order valence-corrected chi connectivity index (χ4v) is 2.99. The normalized spacial score (nSPS) is 10.6. The Kier molecular flexibility index (Phi) is 5.22. The number of nitrogens with zero attached hydrogens (tertiary/aromatic N) is 2. The van der Waals surface area contributed by atoms with E-state index in [9.17, 15) is 9.90 Å². The molecule has 8 heteroatoms. The number of phenolic OH excluding ortho intramolecular Hbond substituents is 1. The Labute approximate surface area is 158 Å². The molecule has 3 N–H and O–H groups in total. The van der Waals surface area contributed by atoms with Gasteiger partial charge in [0.15, 0.2) is 5.82 Å². The molecule has 3 aromatic rings. The molecule has 0 atom stereocenters. The van der Waals surface area contributed by atoms with Crippen LogP contribution in [0.2, 0.25) is 0 Å². The lowest BCUT2D eigenvalue weighted by Crippen LogP contribution is -2.23. The van der Waals surface area contributed by atoms with Gasteiger partial charge in [0, 0.05) is 5.56 Å². The van der Waals surface area contributed by atoms with E-state index in [0.29, 0.717) is 16.1 Å². The van der Waals surface area contributed by atoms with Crippen LogP contribution in [0.3, 0.4) is 0 Å². The molecule has 0 radical (unpaired) electrons. The second kappa shape index (κ2) is 7.57. The molecule has 26 heavy (non-hydrogen) atoms. The highest BCUT2D eigenvalue weighted by molar-refractivity contribution is 9.10. The molecule has 0 aliphatic heterocycles. The molecule has 1 heterocycles. The smallest absolute Gasteiger partial charge is 0.255 e. The first-order valence-corrected chi connectivity index (χ1v) is 8.60. The third kappa shape index (κ3) is 3.85. The number of aromatic hydroxyl groups is 1. The van der Waals surface area contributed by atoms with Crippen molar-refractivity contribution in [3.63, 3.8) is 0 Å². The molecule has 1 aromatic heterocycles. The second-order valence-electron chi connectivity index (χ2n) is 5.66. The summed E-state index contributed by atoms with van der Waals surface area (Å²) in [6, 6.07) is 10.7. The van der Waals surface area contributed by atoms with Crippen molar-refractivity contribution in [3.05, 3.63) is 57.8 Å². The molecule has 0 fully saturated rings. The monoisotopic (exact) mass is 416 g/mol. The number of ether oxygens (including phenoxy) is 1. The molecule has 0 spiro atoms. The molecular formula is C18H17BrN4O3. The largest absolute Gasteiger partial charge is 0.506 e. The highest BCUT2D eigenvalue weighted by Crippen LogP contribution is 2.29. The summed E-state index contributed by atoms with van der Waals surface area (Å²) in [5, 5.41) is 19.7. The summed E-state index contributed by atoms with van der Waals surface area (Å²) in [5.41, 5.74) is 1.90. The van der Waals surface area contributed by atoms with E-state index in [1.165, 1.54) is 0 Å². The van der Waals surface area contributed by atoms with Crippen LogP contribution in [0.5, 0.6) is 11.5 Å². The Hall–Kier alpha value is -2.87. The average Bonchev–Trinajstić information content (AvgIpc) is 3.11. The van der Waals surface area contributed by atoms with Gasteiger partial charge in [-0.15, -0.1) is 0 Å². The maximum atomic E-state index is 12.3. The highest BCUT2D eigenvalue weighted by Gasteiger charge is 2.15. The standard InChI is InChI=1S/C18H17BrN4O3/c1-10-7-13(16(24)14(19)8-10)18(25)20-9-15-21-17(23-22-15)11-3-5-12(26-2)6-4-11/h3-8,24H,9H2,1-2H3,(H,20,25)(H,21,22,23). The van der Waals surface area contributed by atoms with Crippen LogP contribution in [-0.4, -0.2) is 33.3 Å². The molecule has 0 aliphatic rings. The van der Waals surface area contributed by atoms with Gasteiger partial charge in [-0.05, 0) is 64.8 Å². The summed E-state index contributed by atoms with van der Waals surface area (Å²) in [4.78, 5) is 16.7. The summed E-state index contributed by atoms with van der Waals surface area (Å²) in [7, 11) is 1.60. The van der Waals surface area contributed by atoms with Gasteiger partial charge in [0.2, 0.25) is 0 Å². The third-order valence-corrected chi connectivity index (χ3v) is 4.35. The number of nitrogens with one attached hydrogen (secondary N) is 2. The van der Waals surface area contributed by atoms with Gasteiger partial charge in [-0.25, -0.2) is 4.98 Å². The number of benzene rings is 2. The predicted molar refractivity (Wildman–Crippen MR) is 100 cm³/mol.